The van der Waals surface area contributed by atoms with E-state index in [0.717, 1.165) is 22.2 Å². The second kappa shape index (κ2) is 3.27. The predicted molar refractivity (Wildman–Crippen MR) is 51.2 cm³/mol. The van der Waals surface area contributed by atoms with E-state index in [-0.39, 0.29) is 0 Å². The number of rotatable bonds is 1. The fourth-order valence-corrected chi connectivity index (χ4v) is 1.70. The maximum Gasteiger partial charge on any atom is 0.122 e. The third-order valence-electron chi connectivity index (χ3n) is 1.79. The topological polar surface area (TPSA) is 21.6 Å². The Morgan fingerprint density at radius 2 is 2.17 bits per heavy atom. The second-order valence-corrected chi connectivity index (χ2v) is 3.46. The number of oxime groups is 1. The van der Waals surface area contributed by atoms with Gasteiger partial charge < -0.3 is 4.84 Å². The maximum absolute atomic E-state index is 4.93. The first kappa shape index (κ1) is 7.80. The average Bonchev–Trinajstić information content (AvgIpc) is 2.57. The fraction of sp³-hybridized carbons (Fsp3) is 0.222. The van der Waals surface area contributed by atoms with E-state index < -0.39 is 0 Å². The molecular formula is C9H8BrNO. The molecule has 2 nitrogen and oxygen atoms in total. The van der Waals surface area contributed by atoms with Crippen molar-refractivity contribution in [3.8, 4) is 0 Å². The highest BCUT2D eigenvalue weighted by atomic mass is 79.9. The van der Waals surface area contributed by atoms with Gasteiger partial charge in [-0.25, -0.2) is 0 Å². The lowest BCUT2D eigenvalue weighted by atomic mass is 10.1. The molecule has 12 heavy (non-hydrogen) atoms. The number of hydrogen-bond acceptors (Lipinski definition) is 2. The minimum absolute atomic E-state index is 0.705. The van der Waals surface area contributed by atoms with Gasteiger partial charge in [0.15, 0.2) is 0 Å². The first-order chi connectivity index (χ1) is 5.88. The van der Waals surface area contributed by atoms with Crippen molar-refractivity contribution >= 4 is 21.6 Å². The highest BCUT2D eigenvalue weighted by Gasteiger charge is 2.12. The summed E-state index contributed by atoms with van der Waals surface area (Å²) in [5.74, 6) is 0. The van der Waals surface area contributed by atoms with Crippen LogP contribution >= 0.6 is 15.9 Å². The summed E-state index contributed by atoms with van der Waals surface area (Å²) in [4.78, 5) is 4.93. The van der Waals surface area contributed by atoms with Gasteiger partial charge in [-0.05, 0) is 6.07 Å². The minimum Gasteiger partial charge on any atom is -0.395 e. The lowest BCUT2D eigenvalue weighted by Gasteiger charge is -1.99. The van der Waals surface area contributed by atoms with Crippen LogP contribution in [0.3, 0.4) is 0 Å². The van der Waals surface area contributed by atoms with Crippen LogP contribution in [0.15, 0.2) is 33.9 Å². The summed E-state index contributed by atoms with van der Waals surface area (Å²) in [6.45, 7) is 0.705. The van der Waals surface area contributed by atoms with Crippen molar-refractivity contribution in [3.63, 3.8) is 0 Å². The fourth-order valence-electron chi connectivity index (χ4n) is 1.19. The molecule has 0 saturated heterocycles. The van der Waals surface area contributed by atoms with E-state index in [4.69, 9.17) is 4.84 Å². The van der Waals surface area contributed by atoms with Crippen LogP contribution in [-0.2, 0) is 4.84 Å². The zero-order valence-corrected chi connectivity index (χ0v) is 8.04. The van der Waals surface area contributed by atoms with E-state index in [9.17, 15) is 0 Å². The first-order valence-electron chi connectivity index (χ1n) is 3.81. The van der Waals surface area contributed by atoms with Crippen LogP contribution in [0.4, 0.5) is 0 Å². The maximum atomic E-state index is 4.93. The molecule has 0 spiro atoms. The molecule has 62 valence electrons. The highest BCUT2D eigenvalue weighted by Crippen LogP contribution is 2.20. The summed E-state index contributed by atoms with van der Waals surface area (Å²) < 4.78 is 1.08. The quantitative estimate of drug-likeness (QED) is 0.721. The summed E-state index contributed by atoms with van der Waals surface area (Å²) in [5, 5.41) is 3.95. The van der Waals surface area contributed by atoms with E-state index in [2.05, 4.69) is 21.1 Å². The van der Waals surface area contributed by atoms with Gasteiger partial charge in [0.2, 0.25) is 0 Å². The van der Waals surface area contributed by atoms with E-state index in [1.807, 2.05) is 24.3 Å². The Balaban J connectivity index is 2.39. The highest BCUT2D eigenvalue weighted by molar-refractivity contribution is 9.10. The van der Waals surface area contributed by atoms with Crippen molar-refractivity contribution in [1.82, 2.24) is 0 Å². The summed E-state index contributed by atoms with van der Waals surface area (Å²) in [6, 6.07) is 8.04. The molecule has 0 bridgehead atoms. The number of nitrogens with zero attached hydrogens (tertiary/aromatic N) is 1. The van der Waals surface area contributed by atoms with Crippen molar-refractivity contribution in [2.45, 2.75) is 6.42 Å². The molecular weight excluding hydrogens is 218 g/mol. The Kier molecular flexibility index (Phi) is 2.13. The molecule has 0 N–H and O–H groups in total. The minimum atomic E-state index is 0.705. The van der Waals surface area contributed by atoms with E-state index >= 15 is 0 Å². The van der Waals surface area contributed by atoms with Crippen LogP contribution in [0.2, 0.25) is 0 Å². The second-order valence-electron chi connectivity index (χ2n) is 2.60. The van der Waals surface area contributed by atoms with E-state index in [1.54, 1.807) is 0 Å². The van der Waals surface area contributed by atoms with Crippen LogP contribution < -0.4 is 0 Å². The molecule has 0 radical (unpaired) electrons. The van der Waals surface area contributed by atoms with Gasteiger partial charge in [0.25, 0.3) is 0 Å². The van der Waals surface area contributed by atoms with Gasteiger partial charge in [0, 0.05) is 16.5 Å². The van der Waals surface area contributed by atoms with Gasteiger partial charge in [-0.1, -0.05) is 39.3 Å². The third-order valence-corrected chi connectivity index (χ3v) is 2.48. The average molecular weight is 226 g/mol. The molecule has 0 fully saturated rings. The summed E-state index contributed by atoms with van der Waals surface area (Å²) in [7, 11) is 0. The molecule has 1 aliphatic rings. The summed E-state index contributed by atoms with van der Waals surface area (Å²) >= 11 is 3.47. The largest absolute Gasteiger partial charge is 0.395 e. The van der Waals surface area contributed by atoms with Crippen molar-refractivity contribution in [2.24, 2.45) is 5.16 Å². The van der Waals surface area contributed by atoms with E-state index in [1.165, 1.54) is 0 Å². The molecule has 0 aliphatic carbocycles. The van der Waals surface area contributed by atoms with Crippen molar-refractivity contribution in [2.75, 3.05) is 6.61 Å². The normalized spacial score (nSPS) is 15.6. The lowest BCUT2D eigenvalue weighted by Crippen LogP contribution is -1.97. The zero-order valence-electron chi connectivity index (χ0n) is 6.46. The Bertz CT molecular complexity index is 322. The zero-order chi connectivity index (χ0) is 8.39. The summed E-state index contributed by atoms with van der Waals surface area (Å²) in [6.07, 6.45) is 0.905. The smallest absolute Gasteiger partial charge is 0.122 e. The Morgan fingerprint density at radius 1 is 1.33 bits per heavy atom. The molecule has 3 heteroatoms. The third kappa shape index (κ3) is 1.37. The molecule has 1 aliphatic heterocycles. The van der Waals surface area contributed by atoms with E-state index in [0.29, 0.717) is 6.61 Å². The van der Waals surface area contributed by atoms with Crippen LogP contribution in [0.5, 0.6) is 0 Å². The monoisotopic (exact) mass is 225 g/mol. The lowest BCUT2D eigenvalue weighted by molar-refractivity contribution is 0.174. The van der Waals surface area contributed by atoms with Gasteiger partial charge in [-0.3, -0.25) is 0 Å². The van der Waals surface area contributed by atoms with Crippen LogP contribution in [-0.4, -0.2) is 12.3 Å². The molecule has 0 saturated carbocycles. The van der Waals surface area contributed by atoms with Crippen molar-refractivity contribution in [3.05, 3.63) is 34.3 Å². The first-order valence-corrected chi connectivity index (χ1v) is 4.61. The van der Waals surface area contributed by atoms with Gasteiger partial charge in [0.05, 0.1) is 5.71 Å². The SMILES string of the molecule is Brc1ccccc1C1=NOCC1. The van der Waals surface area contributed by atoms with Gasteiger partial charge >= 0.3 is 0 Å². The predicted octanol–water partition coefficient (Wildman–Crippen LogP) is 2.57. The van der Waals surface area contributed by atoms with Gasteiger partial charge in [-0.2, -0.15) is 0 Å². The molecule has 0 atom stereocenters. The molecule has 2 rings (SSSR count). The number of halogens is 1. The Morgan fingerprint density at radius 3 is 2.83 bits per heavy atom. The Labute approximate surface area is 79.4 Å². The van der Waals surface area contributed by atoms with Gasteiger partial charge in [0.1, 0.15) is 6.61 Å². The molecule has 0 amide bonds. The standard InChI is InChI=1S/C9H8BrNO/c10-8-4-2-1-3-7(8)9-5-6-12-11-9/h1-4H,5-6H2. The molecule has 1 heterocycles. The molecule has 0 unspecified atom stereocenters. The van der Waals surface area contributed by atoms with Crippen LogP contribution in [0, 0.1) is 0 Å². The van der Waals surface area contributed by atoms with Crippen LogP contribution in [0.25, 0.3) is 0 Å². The molecule has 1 aromatic rings. The van der Waals surface area contributed by atoms with Crippen LogP contribution in [0.1, 0.15) is 12.0 Å². The summed E-state index contributed by atoms with van der Waals surface area (Å²) in [5.41, 5.74) is 2.16. The van der Waals surface area contributed by atoms with Gasteiger partial charge in [-0.15, -0.1) is 0 Å². The Hall–Kier alpha value is -0.830. The number of hydrogen-bond donors (Lipinski definition) is 0. The van der Waals surface area contributed by atoms with Crippen molar-refractivity contribution in [1.29, 1.82) is 0 Å². The number of benzene rings is 1. The molecule has 0 aromatic heterocycles. The molecule has 1 aromatic carbocycles. The van der Waals surface area contributed by atoms with Crippen molar-refractivity contribution < 1.29 is 4.84 Å².